The zero-order valence-corrected chi connectivity index (χ0v) is 26.9. The molecule has 0 aliphatic carbocycles. The van der Waals surface area contributed by atoms with Crippen molar-refractivity contribution in [3.63, 3.8) is 0 Å². The highest BCUT2D eigenvalue weighted by Gasteiger charge is 2.56. The van der Waals surface area contributed by atoms with Crippen molar-refractivity contribution in [3.05, 3.63) is 0 Å². The minimum absolute atomic E-state index is 0.916. The van der Waals surface area contributed by atoms with Crippen LogP contribution in [-0.4, -0.2) is 59.7 Å². The smallest absolute Gasteiger partial charge is 0.189 e. The second kappa shape index (κ2) is 15.0. The average molecular weight is 521 g/mol. The molecule has 0 N–H and O–H groups in total. The molecule has 1 fully saturated rings. The highest BCUT2D eigenvalue weighted by molar-refractivity contribution is 7.08. The van der Waals surface area contributed by atoms with Crippen LogP contribution in [0.15, 0.2) is 0 Å². The minimum atomic E-state index is -1.91. The van der Waals surface area contributed by atoms with E-state index >= 15 is 0 Å². The monoisotopic (exact) mass is 520 g/mol. The summed E-state index contributed by atoms with van der Waals surface area (Å²) in [4.78, 5) is 0. The van der Waals surface area contributed by atoms with Gasteiger partial charge in [0.15, 0.2) is 33.3 Å². The van der Waals surface area contributed by atoms with Crippen molar-refractivity contribution >= 4 is 33.3 Å². The molecule has 4 nitrogen and oxygen atoms in total. The van der Waals surface area contributed by atoms with E-state index in [9.17, 15) is 0 Å². The fourth-order valence-corrected chi connectivity index (χ4v) is 43.3. The van der Waals surface area contributed by atoms with Gasteiger partial charge in [0.1, 0.15) is 0 Å². The molecule has 8 heteroatoms. The Bertz CT molecular complexity index is 410. The molecular formula is C24H56O4Si4. The summed E-state index contributed by atoms with van der Waals surface area (Å²) >= 11 is 0. The molecule has 0 aromatic carbocycles. The van der Waals surface area contributed by atoms with E-state index in [0.717, 1.165) is 26.4 Å². The summed E-state index contributed by atoms with van der Waals surface area (Å²) in [6, 6.07) is 0. The van der Waals surface area contributed by atoms with Crippen molar-refractivity contribution in [1.82, 2.24) is 0 Å². The Labute approximate surface area is 205 Å². The van der Waals surface area contributed by atoms with Gasteiger partial charge in [-0.05, 0) is 74.5 Å². The van der Waals surface area contributed by atoms with Crippen molar-refractivity contribution in [2.45, 2.75) is 128 Å². The summed E-state index contributed by atoms with van der Waals surface area (Å²) in [7, 11) is -7.63. The molecule has 1 saturated heterocycles. The van der Waals surface area contributed by atoms with Crippen LogP contribution in [0.25, 0.3) is 0 Å². The fourth-order valence-electron chi connectivity index (χ4n) is 5.67. The molecule has 1 aliphatic rings. The molecule has 32 heavy (non-hydrogen) atoms. The first-order chi connectivity index (χ1) is 15.1. The van der Waals surface area contributed by atoms with E-state index in [1.54, 1.807) is 0 Å². The third-order valence-electron chi connectivity index (χ3n) is 6.79. The van der Waals surface area contributed by atoms with Gasteiger partial charge in [-0.25, -0.2) is 0 Å². The van der Waals surface area contributed by atoms with Gasteiger partial charge in [0.25, 0.3) is 0 Å². The Kier molecular flexibility index (Phi) is 14.4. The SMILES string of the molecule is CCCCO[Si]1(C)C[Si](C)(OCCCC)C[Si](C)(OCCCC)C[Si](C)(OCCCC)C1. The molecule has 192 valence electrons. The molecule has 1 heterocycles. The van der Waals surface area contributed by atoms with E-state index in [-0.39, 0.29) is 0 Å². The highest BCUT2D eigenvalue weighted by atomic mass is 28.5. The van der Waals surface area contributed by atoms with Crippen molar-refractivity contribution in [2.24, 2.45) is 0 Å². The molecule has 0 atom stereocenters. The maximum Gasteiger partial charge on any atom is 0.189 e. The summed E-state index contributed by atoms with van der Waals surface area (Å²) < 4.78 is 27.4. The molecular weight excluding hydrogens is 465 g/mol. The maximum absolute atomic E-state index is 6.84. The zero-order valence-electron chi connectivity index (χ0n) is 22.9. The Morgan fingerprint density at radius 3 is 0.750 bits per heavy atom. The Morgan fingerprint density at radius 2 is 0.594 bits per heavy atom. The van der Waals surface area contributed by atoms with Crippen LogP contribution in [0.4, 0.5) is 0 Å². The molecule has 0 spiro atoms. The molecule has 0 saturated carbocycles. The lowest BCUT2D eigenvalue weighted by Crippen LogP contribution is -2.62. The van der Waals surface area contributed by atoms with E-state index in [1.807, 2.05) is 0 Å². The van der Waals surface area contributed by atoms with Gasteiger partial charge < -0.3 is 17.7 Å². The largest absolute Gasteiger partial charge is 0.417 e. The number of unbranched alkanes of at least 4 members (excludes halogenated alkanes) is 4. The number of hydrogen-bond acceptors (Lipinski definition) is 4. The summed E-state index contributed by atoms with van der Waals surface area (Å²) in [5, 5.41) is 0. The second-order valence-electron chi connectivity index (χ2n) is 11.3. The first-order valence-corrected chi connectivity index (χ1v) is 24.9. The molecule has 1 aliphatic heterocycles. The molecule has 0 amide bonds. The molecule has 0 unspecified atom stereocenters. The molecule has 0 aromatic heterocycles. The van der Waals surface area contributed by atoms with Crippen molar-refractivity contribution in [3.8, 4) is 0 Å². The summed E-state index contributed by atoms with van der Waals surface area (Å²) in [5.74, 6) is 0. The average Bonchev–Trinajstić information content (AvgIpc) is 2.67. The van der Waals surface area contributed by atoms with Crippen LogP contribution in [0.1, 0.15) is 79.1 Å². The van der Waals surface area contributed by atoms with Crippen LogP contribution in [0.3, 0.4) is 0 Å². The van der Waals surface area contributed by atoms with Crippen LogP contribution < -0.4 is 0 Å². The van der Waals surface area contributed by atoms with E-state index in [4.69, 9.17) is 17.7 Å². The van der Waals surface area contributed by atoms with Crippen molar-refractivity contribution in [2.75, 3.05) is 26.4 Å². The Hall–Kier alpha value is 0.708. The zero-order chi connectivity index (χ0) is 24.1. The lowest BCUT2D eigenvalue weighted by atomic mass is 10.4. The lowest BCUT2D eigenvalue weighted by Gasteiger charge is -2.48. The normalized spacial score (nSPS) is 33.8. The second-order valence-corrected chi connectivity index (χ2v) is 29.7. The van der Waals surface area contributed by atoms with E-state index in [0.29, 0.717) is 0 Å². The predicted molar refractivity (Wildman–Crippen MR) is 149 cm³/mol. The standard InChI is InChI=1S/C24H56O4Si4/c1-9-13-17-25-29(5)21-30(6,26-18-14-10-2)23-32(8,28-20-16-12-4)24-31(7,22-29)27-19-15-11-3/h9-24H2,1-8H3. The van der Waals surface area contributed by atoms with Crippen LogP contribution in [-0.2, 0) is 17.7 Å². The van der Waals surface area contributed by atoms with Crippen LogP contribution in [0.5, 0.6) is 0 Å². The summed E-state index contributed by atoms with van der Waals surface area (Å²) in [5.41, 5.74) is 4.86. The first-order valence-electron chi connectivity index (χ1n) is 13.6. The quantitative estimate of drug-likeness (QED) is 0.154. The highest BCUT2D eigenvalue weighted by Crippen LogP contribution is 2.42. The van der Waals surface area contributed by atoms with Gasteiger partial charge in [-0.3, -0.25) is 0 Å². The van der Waals surface area contributed by atoms with E-state index < -0.39 is 33.3 Å². The number of rotatable bonds is 16. The Morgan fingerprint density at radius 1 is 0.406 bits per heavy atom. The van der Waals surface area contributed by atoms with Gasteiger partial charge >= 0.3 is 0 Å². The molecule has 1 rings (SSSR count). The number of hydrogen-bond donors (Lipinski definition) is 0. The summed E-state index contributed by atoms with van der Waals surface area (Å²) in [6.45, 7) is 22.7. The van der Waals surface area contributed by atoms with Crippen molar-refractivity contribution in [1.29, 1.82) is 0 Å². The van der Waals surface area contributed by atoms with Gasteiger partial charge in [0.2, 0.25) is 0 Å². The topological polar surface area (TPSA) is 36.9 Å². The van der Waals surface area contributed by atoms with Gasteiger partial charge in [-0.2, -0.15) is 0 Å². The maximum atomic E-state index is 6.84. The third kappa shape index (κ3) is 11.4. The van der Waals surface area contributed by atoms with Crippen LogP contribution >= 0.6 is 0 Å². The molecule has 0 radical (unpaired) electrons. The van der Waals surface area contributed by atoms with Crippen LogP contribution in [0.2, 0.25) is 48.9 Å². The van der Waals surface area contributed by atoms with E-state index in [1.165, 1.54) is 74.0 Å². The summed E-state index contributed by atoms with van der Waals surface area (Å²) in [6.07, 6.45) is 9.46. The van der Waals surface area contributed by atoms with Gasteiger partial charge in [0.05, 0.1) is 0 Å². The molecule has 0 aromatic rings. The van der Waals surface area contributed by atoms with Crippen LogP contribution in [0, 0.1) is 0 Å². The third-order valence-corrected chi connectivity index (χ3v) is 34.3. The molecule has 0 bridgehead atoms. The van der Waals surface area contributed by atoms with E-state index in [2.05, 4.69) is 53.9 Å². The van der Waals surface area contributed by atoms with Gasteiger partial charge in [-0.1, -0.05) is 53.4 Å². The van der Waals surface area contributed by atoms with Crippen molar-refractivity contribution < 1.29 is 17.7 Å². The Balaban J connectivity index is 3.21. The fraction of sp³-hybridized carbons (Fsp3) is 1.00. The minimum Gasteiger partial charge on any atom is -0.417 e. The van der Waals surface area contributed by atoms with Gasteiger partial charge in [0, 0.05) is 26.4 Å². The predicted octanol–water partition coefficient (Wildman–Crippen LogP) is 7.72. The lowest BCUT2D eigenvalue weighted by molar-refractivity contribution is 0.267. The first kappa shape index (κ1) is 30.7. The van der Waals surface area contributed by atoms with Gasteiger partial charge in [-0.15, -0.1) is 0 Å².